The summed E-state index contributed by atoms with van der Waals surface area (Å²) in [5.41, 5.74) is 3.21. The van der Waals surface area contributed by atoms with E-state index in [0.717, 1.165) is 16.6 Å². The minimum atomic E-state index is -3.13. The molecule has 3 aromatic rings. The number of benzene rings is 1. The van der Waals surface area contributed by atoms with Crippen LogP contribution in [0.25, 0.3) is 11.0 Å². The molecule has 0 bridgehead atoms. The van der Waals surface area contributed by atoms with E-state index >= 15 is 0 Å². The van der Waals surface area contributed by atoms with E-state index in [-0.39, 0.29) is 12.1 Å². The molecule has 0 saturated heterocycles. The summed E-state index contributed by atoms with van der Waals surface area (Å²) >= 11 is 0. The first-order valence-electron chi connectivity index (χ1n) is 8.69. The smallest absolute Gasteiger partial charge is 0.315 e. The van der Waals surface area contributed by atoms with Gasteiger partial charge in [0.25, 0.3) is 5.91 Å². The minimum Gasteiger partial charge on any atom is -0.347 e. The Morgan fingerprint density at radius 3 is 2.68 bits per heavy atom. The van der Waals surface area contributed by atoms with Crippen molar-refractivity contribution in [2.75, 3.05) is 11.9 Å². The van der Waals surface area contributed by atoms with Crippen molar-refractivity contribution >= 4 is 28.4 Å². The summed E-state index contributed by atoms with van der Waals surface area (Å²) in [5.74, 6) is -1.40. The van der Waals surface area contributed by atoms with E-state index in [1.807, 2.05) is 29.9 Å². The van der Waals surface area contributed by atoms with Gasteiger partial charge in [0.1, 0.15) is 17.2 Å². The number of carbonyl (C=O) groups excluding carboxylic acids is 1. The molecule has 1 aromatic carbocycles. The van der Waals surface area contributed by atoms with Crippen LogP contribution in [0, 0.1) is 5.82 Å². The number of hydrogen-bond donors (Lipinski definition) is 1. The lowest BCUT2D eigenvalue weighted by Gasteiger charge is -2.22. The molecule has 9 heteroatoms. The van der Waals surface area contributed by atoms with Crippen molar-refractivity contribution in [1.29, 1.82) is 0 Å². The van der Waals surface area contributed by atoms with E-state index in [2.05, 4.69) is 9.97 Å². The lowest BCUT2D eigenvalue weighted by atomic mass is 10.0. The molecule has 2 aromatic heterocycles. The topological polar surface area (TPSA) is 63.1 Å². The normalized spacial score (nSPS) is 11.2. The van der Waals surface area contributed by atoms with Gasteiger partial charge in [-0.2, -0.15) is 8.78 Å². The Kier molecular flexibility index (Phi) is 5.53. The van der Waals surface area contributed by atoms with Gasteiger partial charge in [-0.05, 0) is 24.1 Å². The van der Waals surface area contributed by atoms with Crippen LogP contribution < -0.4 is 10.2 Å². The Morgan fingerprint density at radius 1 is 1.25 bits per heavy atom. The van der Waals surface area contributed by atoms with Crippen LogP contribution in [-0.2, 0) is 24.8 Å². The highest BCUT2D eigenvalue weighted by atomic mass is 19.3. The average molecular weight is 391 g/mol. The number of nitrogens with one attached hydrogen (secondary N) is 1. The zero-order valence-electron chi connectivity index (χ0n) is 15.7. The third kappa shape index (κ3) is 3.78. The lowest BCUT2D eigenvalue weighted by molar-refractivity contribution is -0.131. The van der Waals surface area contributed by atoms with E-state index < -0.39 is 18.1 Å². The molecular weight excluding hydrogens is 371 g/mol. The molecule has 28 heavy (non-hydrogen) atoms. The second kappa shape index (κ2) is 7.87. The van der Waals surface area contributed by atoms with Crippen molar-refractivity contribution in [3.05, 3.63) is 47.7 Å². The molecular formula is C19H20F3N5O. The summed E-state index contributed by atoms with van der Waals surface area (Å²) in [6.07, 6.45) is 0.795. The number of amides is 1. The second-order valence-corrected chi connectivity index (χ2v) is 6.39. The maximum absolute atomic E-state index is 14.6. The molecule has 2 heterocycles. The highest BCUT2D eigenvalue weighted by Gasteiger charge is 2.18. The fraction of sp³-hybridized carbons (Fsp3) is 0.316. The maximum atomic E-state index is 14.6. The van der Waals surface area contributed by atoms with Crippen molar-refractivity contribution < 1.29 is 18.0 Å². The monoisotopic (exact) mass is 391 g/mol. The number of anilines is 2. The molecule has 1 N–H and O–H groups in total. The molecule has 0 aliphatic rings. The summed E-state index contributed by atoms with van der Waals surface area (Å²) in [4.78, 5) is 21.4. The van der Waals surface area contributed by atoms with Crippen molar-refractivity contribution in [2.24, 2.45) is 7.05 Å². The quantitative estimate of drug-likeness (QED) is 0.700. The highest BCUT2D eigenvalue weighted by molar-refractivity contribution is 5.80. The van der Waals surface area contributed by atoms with Gasteiger partial charge in [-0.1, -0.05) is 6.92 Å². The Labute approximate surface area is 160 Å². The number of rotatable bonds is 6. The fourth-order valence-corrected chi connectivity index (χ4v) is 2.98. The summed E-state index contributed by atoms with van der Waals surface area (Å²) in [6, 6.07) is 4.77. The first-order valence-corrected chi connectivity index (χ1v) is 8.69. The third-order valence-corrected chi connectivity index (χ3v) is 4.58. The van der Waals surface area contributed by atoms with Crippen LogP contribution in [0.5, 0.6) is 0 Å². The molecule has 0 aliphatic heterocycles. The molecule has 3 rings (SSSR count). The number of imidazole rings is 1. The molecule has 0 saturated carbocycles. The summed E-state index contributed by atoms with van der Waals surface area (Å²) in [7, 11) is 3.65. The largest absolute Gasteiger partial charge is 0.347 e. The van der Waals surface area contributed by atoms with Crippen molar-refractivity contribution in [3.8, 4) is 0 Å². The Bertz CT molecular complexity index is 1020. The number of aromatic nitrogens is 3. The van der Waals surface area contributed by atoms with Crippen LogP contribution in [0.1, 0.15) is 18.1 Å². The predicted molar refractivity (Wildman–Crippen MR) is 100 cm³/mol. The molecule has 0 atom stereocenters. The Balaban J connectivity index is 1.92. The average Bonchev–Trinajstić information content (AvgIpc) is 3.06. The van der Waals surface area contributed by atoms with Gasteiger partial charge in [0.05, 0.1) is 18.0 Å². The lowest BCUT2D eigenvalue weighted by Crippen LogP contribution is -2.29. The van der Waals surface area contributed by atoms with Crippen LogP contribution in [0.4, 0.5) is 24.7 Å². The first kappa shape index (κ1) is 19.7. The van der Waals surface area contributed by atoms with Gasteiger partial charge in [-0.3, -0.25) is 4.79 Å². The molecule has 0 radical (unpaired) electrons. The van der Waals surface area contributed by atoms with Crippen LogP contribution >= 0.6 is 0 Å². The van der Waals surface area contributed by atoms with Gasteiger partial charge < -0.3 is 14.8 Å². The van der Waals surface area contributed by atoms with Crippen molar-refractivity contribution in [3.63, 3.8) is 0 Å². The standard InChI is InChI=1S/C19H20F3N5O/c1-4-11-5-12(8-24-19(28)18(21)22)13(20)6-15(11)27(3)17-7-16-14(9-23-17)25-10-26(16)2/h5-7,9-10,18H,4,8H2,1-3H3,(H,24,28). The van der Waals surface area contributed by atoms with E-state index in [1.165, 1.54) is 6.07 Å². The maximum Gasteiger partial charge on any atom is 0.315 e. The third-order valence-electron chi connectivity index (χ3n) is 4.58. The van der Waals surface area contributed by atoms with Gasteiger partial charge >= 0.3 is 6.43 Å². The van der Waals surface area contributed by atoms with Gasteiger partial charge in [0.2, 0.25) is 0 Å². The summed E-state index contributed by atoms with van der Waals surface area (Å²) in [6.45, 7) is 1.61. The molecule has 0 unspecified atom stereocenters. The number of hydrogen-bond acceptors (Lipinski definition) is 4. The predicted octanol–water partition coefficient (Wildman–Crippen LogP) is 3.32. The SMILES string of the molecule is CCc1cc(CNC(=O)C(F)F)c(F)cc1N(C)c1cc2c(cn1)ncn2C. The number of nitrogens with zero attached hydrogens (tertiary/aromatic N) is 4. The highest BCUT2D eigenvalue weighted by Crippen LogP contribution is 2.30. The van der Waals surface area contributed by atoms with Crippen LogP contribution in [-0.4, -0.2) is 33.9 Å². The first-order chi connectivity index (χ1) is 13.3. The van der Waals surface area contributed by atoms with Gasteiger partial charge in [0.15, 0.2) is 0 Å². The fourth-order valence-electron chi connectivity index (χ4n) is 2.98. The zero-order chi connectivity index (χ0) is 20.4. The Hall–Kier alpha value is -3.10. The summed E-state index contributed by atoms with van der Waals surface area (Å²) in [5, 5.41) is 2.03. The summed E-state index contributed by atoms with van der Waals surface area (Å²) < 4.78 is 41.1. The number of pyridine rings is 1. The molecule has 0 fully saturated rings. The van der Waals surface area contributed by atoms with Crippen LogP contribution in [0.2, 0.25) is 0 Å². The van der Waals surface area contributed by atoms with Gasteiger partial charge in [0, 0.05) is 38.0 Å². The number of halogens is 3. The number of aryl methyl sites for hydroxylation is 2. The minimum absolute atomic E-state index is 0.151. The Morgan fingerprint density at radius 2 is 2.00 bits per heavy atom. The number of carbonyl (C=O) groups is 1. The molecule has 6 nitrogen and oxygen atoms in total. The van der Waals surface area contributed by atoms with Gasteiger partial charge in [-0.25, -0.2) is 14.4 Å². The van der Waals surface area contributed by atoms with E-state index in [4.69, 9.17) is 0 Å². The molecule has 1 amide bonds. The van der Waals surface area contributed by atoms with Crippen molar-refractivity contribution in [1.82, 2.24) is 19.9 Å². The number of alkyl halides is 2. The second-order valence-electron chi connectivity index (χ2n) is 6.39. The van der Waals surface area contributed by atoms with E-state index in [9.17, 15) is 18.0 Å². The van der Waals surface area contributed by atoms with Crippen LogP contribution in [0.15, 0.2) is 30.7 Å². The molecule has 148 valence electrons. The van der Waals surface area contributed by atoms with Crippen LogP contribution in [0.3, 0.4) is 0 Å². The molecule has 0 spiro atoms. The van der Waals surface area contributed by atoms with E-state index in [1.54, 1.807) is 30.5 Å². The van der Waals surface area contributed by atoms with Crippen molar-refractivity contribution in [2.45, 2.75) is 26.3 Å². The van der Waals surface area contributed by atoms with E-state index in [0.29, 0.717) is 17.9 Å². The molecule has 0 aliphatic carbocycles. The van der Waals surface area contributed by atoms with Gasteiger partial charge in [-0.15, -0.1) is 0 Å². The number of fused-ring (bicyclic) bond motifs is 1. The zero-order valence-corrected chi connectivity index (χ0v) is 15.7.